The monoisotopic (exact) mass is 562 g/mol. The smallest absolute Gasteiger partial charge is 0.0562 e. The van der Waals surface area contributed by atoms with E-state index in [2.05, 4.69) is 191 Å². The summed E-state index contributed by atoms with van der Waals surface area (Å²) < 4.78 is 2.37. The largest absolute Gasteiger partial charge is 0.310 e. The number of fused-ring (bicyclic) bond motifs is 3. The van der Waals surface area contributed by atoms with Gasteiger partial charge >= 0.3 is 0 Å². The fourth-order valence-corrected chi connectivity index (χ4v) is 6.33. The van der Waals surface area contributed by atoms with Gasteiger partial charge in [-0.05, 0) is 76.9 Å². The van der Waals surface area contributed by atoms with Crippen molar-refractivity contribution in [2.45, 2.75) is 0 Å². The van der Waals surface area contributed by atoms with Crippen LogP contribution in [-0.4, -0.2) is 4.57 Å². The van der Waals surface area contributed by atoms with Gasteiger partial charge in [0.05, 0.1) is 16.7 Å². The van der Waals surface area contributed by atoms with Gasteiger partial charge < -0.3 is 9.47 Å². The summed E-state index contributed by atoms with van der Waals surface area (Å²) in [5.74, 6) is 0. The molecule has 0 saturated heterocycles. The van der Waals surface area contributed by atoms with Crippen LogP contribution < -0.4 is 4.90 Å². The molecule has 0 fully saturated rings. The summed E-state index contributed by atoms with van der Waals surface area (Å²) >= 11 is 0. The molecule has 1 heterocycles. The number of nitrogens with zero attached hydrogens (tertiary/aromatic N) is 2. The van der Waals surface area contributed by atoms with E-state index in [1.165, 1.54) is 44.1 Å². The van der Waals surface area contributed by atoms with Crippen molar-refractivity contribution in [1.82, 2.24) is 4.57 Å². The molecule has 7 aromatic carbocycles. The van der Waals surface area contributed by atoms with Crippen molar-refractivity contribution in [3.05, 3.63) is 182 Å². The van der Waals surface area contributed by atoms with Crippen molar-refractivity contribution >= 4 is 38.9 Å². The molecule has 208 valence electrons. The summed E-state index contributed by atoms with van der Waals surface area (Å²) in [5.41, 5.74) is 11.8. The molecule has 0 N–H and O–H groups in total. The maximum atomic E-state index is 2.38. The molecule has 0 radical (unpaired) electrons. The Bertz CT molecular complexity index is 2180. The lowest BCUT2D eigenvalue weighted by molar-refractivity contribution is 1.18. The second-order valence-corrected chi connectivity index (χ2v) is 11.0. The predicted molar refractivity (Wildman–Crippen MR) is 186 cm³/mol. The topological polar surface area (TPSA) is 8.17 Å². The van der Waals surface area contributed by atoms with Crippen LogP contribution in [-0.2, 0) is 0 Å². The van der Waals surface area contributed by atoms with Crippen molar-refractivity contribution < 1.29 is 0 Å². The molecular weight excluding hydrogens is 532 g/mol. The van der Waals surface area contributed by atoms with Crippen LogP contribution in [0.5, 0.6) is 0 Å². The molecule has 8 rings (SSSR count). The Morgan fingerprint density at radius 1 is 0.341 bits per heavy atom. The van der Waals surface area contributed by atoms with Crippen LogP contribution in [0.4, 0.5) is 17.1 Å². The first-order valence-corrected chi connectivity index (χ1v) is 15.0. The van der Waals surface area contributed by atoms with Crippen molar-refractivity contribution in [1.29, 1.82) is 0 Å². The zero-order valence-electron chi connectivity index (χ0n) is 24.2. The maximum Gasteiger partial charge on any atom is 0.0562 e. The molecule has 1 aromatic heterocycles. The van der Waals surface area contributed by atoms with Crippen LogP contribution in [0.2, 0.25) is 0 Å². The van der Waals surface area contributed by atoms with E-state index in [-0.39, 0.29) is 0 Å². The summed E-state index contributed by atoms with van der Waals surface area (Å²) in [6.45, 7) is 0. The lowest BCUT2D eigenvalue weighted by Crippen LogP contribution is -2.10. The van der Waals surface area contributed by atoms with Crippen LogP contribution in [0.15, 0.2) is 182 Å². The molecule has 2 nitrogen and oxygen atoms in total. The minimum absolute atomic E-state index is 1.12. The standard InChI is InChI=1S/C42H30N2/c1-4-13-31(14-5-1)32-23-25-33(26-24-32)34-27-29-37(30-28-34)43(35-15-6-2-7-16-35)40-21-12-22-41-42(40)38-19-10-11-20-39(38)44(41)36-17-8-3-9-18-36/h1-30H. The number of aromatic nitrogens is 1. The van der Waals surface area contributed by atoms with E-state index in [4.69, 9.17) is 0 Å². The normalized spacial score (nSPS) is 11.2. The Hall–Kier alpha value is -5.86. The summed E-state index contributed by atoms with van der Waals surface area (Å²) in [6.07, 6.45) is 0. The van der Waals surface area contributed by atoms with E-state index in [0.29, 0.717) is 0 Å². The van der Waals surface area contributed by atoms with E-state index in [1.54, 1.807) is 0 Å². The number of para-hydroxylation sites is 3. The van der Waals surface area contributed by atoms with Crippen LogP contribution in [0.25, 0.3) is 49.7 Å². The summed E-state index contributed by atoms with van der Waals surface area (Å²) in [4.78, 5) is 2.38. The molecule has 0 amide bonds. The highest BCUT2D eigenvalue weighted by Crippen LogP contribution is 2.43. The Morgan fingerprint density at radius 2 is 0.818 bits per heavy atom. The average Bonchev–Trinajstić information content (AvgIpc) is 3.45. The first kappa shape index (κ1) is 25.8. The number of hydrogen-bond donors (Lipinski definition) is 0. The molecule has 0 atom stereocenters. The molecule has 0 spiro atoms. The third kappa shape index (κ3) is 4.54. The minimum Gasteiger partial charge on any atom is -0.310 e. The second kappa shape index (κ2) is 11.1. The van der Waals surface area contributed by atoms with E-state index in [9.17, 15) is 0 Å². The fourth-order valence-electron chi connectivity index (χ4n) is 6.33. The van der Waals surface area contributed by atoms with Crippen LogP contribution in [0.3, 0.4) is 0 Å². The lowest BCUT2D eigenvalue weighted by atomic mass is 10.00. The average molecular weight is 563 g/mol. The van der Waals surface area contributed by atoms with Gasteiger partial charge in [0.15, 0.2) is 0 Å². The molecule has 0 saturated carbocycles. The fraction of sp³-hybridized carbons (Fsp3) is 0. The van der Waals surface area contributed by atoms with Gasteiger partial charge in [-0.1, -0.05) is 127 Å². The van der Waals surface area contributed by atoms with Gasteiger partial charge in [0.25, 0.3) is 0 Å². The Kier molecular flexibility index (Phi) is 6.51. The van der Waals surface area contributed by atoms with Gasteiger partial charge in [-0.3, -0.25) is 0 Å². The van der Waals surface area contributed by atoms with Crippen LogP contribution >= 0.6 is 0 Å². The van der Waals surface area contributed by atoms with E-state index < -0.39 is 0 Å². The summed E-state index contributed by atoms with van der Waals surface area (Å²) in [6, 6.07) is 65.0. The van der Waals surface area contributed by atoms with E-state index in [0.717, 1.165) is 22.7 Å². The zero-order valence-corrected chi connectivity index (χ0v) is 24.2. The number of hydrogen-bond acceptors (Lipinski definition) is 1. The zero-order chi connectivity index (χ0) is 29.3. The van der Waals surface area contributed by atoms with Gasteiger partial charge in [0.1, 0.15) is 0 Å². The molecule has 0 aliphatic carbocycles. The summed E-state index contributed by atoms with van der Waals surface area (Å²) in [5, 5.41) is 2.47. The molecule has 0 aliphatic rings. The first-order chi connectivity index (χ1) is 21.8. The Morgan fingerprint density at radius 3 is 1.48 bits per heavy atom. The van der Waals surface area contributed by atoms with Gasteiger partial charge in [-0.15, -0.1) is 0 Å². The van der Waals surface area contributed by atoms with Crippen molar-refractivity contribution in [2.75, 3.05) is 4.90 Å². The Labute approximate surface area is 257 Å². The van der Waals surface area contributed by atoms with Crippen molar-refractivity contribution in [3.8, 4) is 27.9 Å². The molecule has 0 bridgehead atoms. The summed E-state index contributed by atoms with van der Waals surface area (Å²) in [7, 11) is 0. The highest BCUT2D eigenvalue weighted by molar-refractivity contribution is 6.16. The quantitative estimate of drug-likeness (QED) is 0.196. The molecule has 0 unspecified atom stereocenters. The second-order valence-electron chi connectivity index (χ2n) is 11.0. The Balaban J connectivity index is 1.26. The number of rotatable bonds is 6. The lowest BCUT2D eigenvalue weighted by Gasteiger charge is -2.26. The number of anilines is 3. The third-order valence-electron chi connectivity index (χ3n) is 8.40. The molecular formula is C42H30N2. The molecule has 44 heavy (non-hydrogen) atoms. The van der Waals surface area contributed by atoms with E-state index in [1.807, 2.05) is 0 Å². The highest BCUT2D eigenvalue weighted by atomic mass is 15.1. The molecule has 2 heteroatoms. The van der Waals surface area contributed by atoms with Crippen molar-refractivity contribution in [3.63, 3.8) is 0 Å². The highest BCUT2D eigenvalue weighted by Gasteiger charge is 2.20. The van der Waals surface area contributed by atoms with Crippen LogP contribution in [0.1, 0.15) is 0 Å². The maximum absolute atomic E-state index is 2.38. The third-order valence-corrected chi connectivity index (χ3v) is 8.40. The first-order valence-electron chi connectivity index (χ1n) is 15.0. The predicted octanol–water partition coefficient (Wildman–Crippen LogP) is 11.6. The van der Waals surface area contributed by atoms with Crippen molar-refractivity contribution in [2.24, 2.45) is 0 Å². The molecule has 0 aliphatic heterocycles. The number of benzene rings is 7. The van der Waals surface area contributed by atoms with E-state index >= 15 is 0 Å². The SMILES string of the molecule is c1ccc(-c2ccc(-c3ccc(N(c4ccccc4)c4cccc5c4c4ccccc4n5-c4ccccc4)cc3)cc2)cc1. The van der Waals surface area contributed by atoms with Crippen LogP contribution in [0, 0.1) is 0 Å². The van der Waals surface area contributed by atoms with Gasteiger partial charge in [0.2, 0.25) is 0 Å². The van der Waals surface area contributed by atoms with Gasteiger partial charge in [-0.2, -0.15) is 0 Å². The van der Waals surface area contributed by atoms with Gasteiger partial charge in [-0.25, -0.2) is 0 Å². The molecule has 8 aromatic rings. The van der Waals surface area contributed by atoms with Gasteiger partial charge in [0, 0.05) is 27.8 Å². The minimum atomic E-state index is 1.12.